The molecule has 30 heavy (non-hydrogen) atoms. The second-order valence-electron chi connectivity index (χ2n) is 6.45. The van der Waals surface area contributed by atoms with Gasteiger partial charge in [-0.25, -0.2) is 8.42 Å². The Labute approximate surface area is 177 Å². The van der Waals surface area contributed by atoms with Crippen LogP contribution in [0.25, 0.3) is 0 Å². The van der Waals surface area contributed by atoms with Gasteiger partial charge in [-0.2, -0.15) is 14.0 Å². The summed E-state index contributed by atoms with van der Waals surface area (Å²) in [5.41, 5.74) is 1.88. The summed E-state index contributed by atoms with van der Waals surface area (Å²) >= 11 is 0. The Morgan fingerprint density at radius 3 is 2.00 bits per heavy atom. The van der Waals surface area contributed by atoms with Crippen molar-refractivity contribution in [3.8, 4) is 0 Å². The average molecular weight is 462 g/mol. The second kappa shape index (κ2) is 11.2. The topological polar surface area (TPSA) is 168 Å². The van der Waals surface area contributed by atoms with Crippen LogP contribution < -0.4 is 24.0 Å². The van der Waals surface area contributed by atoms with E-state index < -0.39 is 20.3 Å². The molecule has 2 aromatic rings. The molecule has 1 amide bonds. The van der Waals surface area contributed by atoms with E-state index in [1.54, 1.807) is 48.5 Å². The summed E-state index contributed by atoms with van der Waals surface area (Å²) in [7, 11) is -4.47. The van der Waals surface area contributed by atoms with Crippen LogP contribution in [0.4, 0.5) is 5.69 Å². The number of aryl methyl sites for hydroxylation is 1. The molecule has 0 aliphatic carbocycles. The van der Waals surface area contributed by atoms with Crippen molar-refractivity contribution in [3.63, 3.8) is 0 Å². The Bertz CT molecular complexity index is 906. The molecule has 12 heteroatoms. The minimum Gasteiger partial charge on any atom is -0.351 e. The van der Waals surface area contributed by atoms with E-state index in [2.05, 4.69) is 10.0 Å². The monoisotopic (exact) mass is 461 g/mol. The molecular formula is C18H24ClN3O7S. The zero-order chi connectivity index (χ0) is 22.9. The van der Waals surface area contributed by atoms with Gasteiger partial charge in [-0.15, -0.1) is 0 Å². The number of sulfonamides is 1. The molecule has 2 rings (SSSR count). The normalized spacial score (nSPS) is 11.5. The van der Waals surface area contributed by atoms with E-state index >= 15 is 0 Å². The maximum absolute atomic E-state index is 12.3. The SMILES string of the molecule is Cc1ccc(S(=O)(=O)Nc2ccc(C(=O)NCCN(C)C)cc2)cc1.[O-][Cl+3]([O-])([O-])O. The van der Waals surface area contributed by atoms with Gasteiger partial charge in [0.1, 0.15) is 0 Å². The average Bonchev–Trinajstić information content (AvgIpc) is 2.60. The molecule has 0 radical (unpaired) electrons. The van der Waals surface area contributed by atoms with Crippen LogP contribution in [0.5, 0.6) is 0 Å². The lowest BCUT2D eigenvalue weighted by molar-refractivity contribution is -1.92. The number of amides is 1. The van der Waals surface area contributed by atoms with E-state index in [0.29, 0.717) is 17.8 Å². The van der Waals surface area contributed by atoms with Crippen LogP contribution in [0.1, 0.15) is 15.9 Å². The van der Waals surface area contributed by atoms with Crippen LogP contribution in [-0.4, -0.2) is 51.1 Å². The van der Waals surface area contributed by atoms with Crippen molar-refractivity contribution in [2.75, 3.05) is 31.9 Å². The predicted molar refractivity (Wildman–Crippen MR) is 102 cm³/mol. The third-order valence-corrected chi connectivity index (χ3v) is 4.97. The first-order valence-corrected chi connectivity index (χ1v) is 11.3. The molecule has 0 bridgehead atoms. The highest BCUT2D eigenvalue weighted by Gasteiger charge is 2.14. The highest BCUT2D eigenvalue weighted by molar-refractivity contribution is 7.92. The minimum absolute atomic E-state index is 0.185. The van der Waals surface area contributed by atoms with E-state index in [4.69, 9.17) is 18.6 Å². The van der Waals surface area contributed by atoms with Gasteiger partial charge in [-0.1, -0.05) is 17.7 Å². The Morgan fingerprint density at radius 2 is 1.53 bits per heavy atom. The lowest BCUT2D eigenvalue weighted by atomic mass is 10.2. The van der Waals surface area contributed by atoms with E-state index in [1.807, 2.05) is 25.9 Å². The zero-order valence-corrected chi connectivity index (χ0v) is 18.2. The number of benzene rings is 2. The van der Waals surface area contributed by atoms with Crippen molar-refractivity contribution in [2.45, 2.75) is 11.8 Å². The van der Waals surface area contributed by atoms with Crippen LogP contribution in [0, 0.1) is 17.2 Å². The standard InChI is InChI=1S/C18H23N3O3S.ClHO4/c1-14-4-10-17(11-5-14)25(23,24)20-16-8-6-15(7-9-16)18(22)19-12-13-21(2)3;2-1(3,4)5/h4-11,20H,12-13H2,1-3H3,(H,19,22);(H,2,3,4,5). The van der Waals surface area contributed by atoms with E-state index in [0.717, 1.165) is 12.1 Å². The van der Waals surface area contributed by atoms with E-state index in [1.165, 1.54) is 0 Å². The molecule has 0 saturated heterocycles. The van der Waals surface area contributed by atoms with Crippen LogP contribution >= 0.6 is 0 Å². The summed E-state index contributed by atoms with van der Waals surface area (Å²) in [5, 5.41) is 2.81. The number of anilines is 1. The number of carbonyl (C=O) groups excluding carboxylic acids is 1. The third kappa shape index (κ3) is 10.5. The van der Waals surface area contributed by atoms with Crippen LogP contribution in [-0.2, 0) is 10.0 Å². The number of hydrogen-bond acceptors (Lipinski definition) is 8. The first-order chi connectivity index (χ1) is 13.8. The number of halogens is 1. The fourth-order valence-corrected chi connectivity index (χ4v) is 3.17. The number of nitrogens with one attached hydrogen (secondary N) is 2. The summed E-state index contributed by atoms with van der Waals surface area (Å²) in [4.78, 5) is 14.2. The Morgan fingerprint density at radius 1 is 1.03 bits per heavy atom. The summed E-state index contributed by atoms with van der Waals surface area (Å²) in [6.45, 7) is 3.19. The molecule has 0 aromatic heterocycles. The maximum atomic E-state index is 12.3. The molecule has 0 atom stereocenters. The molecule has 0 aliphatic rings. The molecule has 0 saturated carbocycles. The van der Waals surface area contributed by atoms with Gasteiger partial charge in [0.15, 0.2) is 0 Å². The highest BCUT2D eigenvalue weighted by Crippen LogP contribution is 2.17. The summed E-state index contributed by atoms with van der Waals surface area (Å²) < 4.78 is 59.9. The summed E-state index contributed by atoms with van der Waals surface area (Å²) in [6, 6.07) is 13.0. The molecule has 166 valence electrons. The molecule has 3 N–H and O–H groups in total. The summed E-state index contributed by atoms with van der Waals surface area (Å²) in [6.07, 6.45) is 0. The first-order valence-electron chi connectivity index (χ1n) is 8.53. The lowest BCUT2D eigenvalue weighted by Gasteiger charge is -2.11. The largest absolute Gasteiger partial charge is 0.351 e. The van der Waals surface area contributed by atoms with Crippen molar-refractivity contribution in [2.24, 2.45) is 0 Å². The number of hydrogen-bond donors (Lipinski definition) is 3. The molecule has 0 spiro atoms. The third-order valence-electron chi connectivity index (χ3n) is 3.58. The Balaban J connectivity index is 0.000000804. The van der Waals surface area contributed by atoms with Gasteiger partial charge in [0.2, 0.25) is 0 Å². The van der Waals surface area contributed by atoms with Crippen molar-refractivity contribution in [1.82, 2.24) is 10.2 Å². The van der Waals surface area contributed by atoms with Gasteiger partial charge in [0, 0.05) is 24.3 Å². The minimum atomic E-state index is -4.69. The Hall–Kier alpha value is -2.25. The van der Waals surface area contributed by atoms with Gasteiger partial charge in [0.05, 0.1) is 19.8 Å². The van der Waals surface area contributed by atoms with Gasteiger partial charge < -0.3 is 10.2 Å². The second-order valence-corrected chi connectivity index (χ2v) is 8.93. The van der Waals surface area contributed by atoms with Crippen molar-refractivity contribution >= 4 is 21.6 Å². The van der Waals surface area contributed by atoms with Crippen LogP contribution in [0.15, 0.2) is 53.4 Å². The van der Waals surface area contributed by atoms with E-state index in [9.17, 15) is 13.2 Å². The van der Waals surface area contributed by atoms with Gasteiger partial charge in [-0.05, 0) is 57.4 Å². The fraction of sp³-hybridized carbons (Fsp3) is 0.278. The van der Waals surface area contributed by atoms with Crippen LogP contribution in [0.2, 0.25) is 0 Å². The zero-order valence-electron chi connectivity index (χ0n) is 16.7. The van der Waals surface area contributed by atoms with Gasteiger partial charge in [0.25, 0.3) is 15.9 Å². The quantitative estimate of drug-likeness (QED) is 0.423. The number of rotatable bonds is 7. The highest BCUT2D eigenvalue weighted by atomic mass is 35.7. The number of carbonyl (C=O) groups is 1. The maximum Gasteiger partial charge on any atom is 0.261 e. The molecule has 0 heterocycles. The van der Waals surface area contributed by atoms with Crippen molar-refractivity contribution in [1.29, 1.82) is 0 Å². The molecular weight excluding hydrogens is 438 g/mol. The molecule has 0 fully saturated rings. The molecule has 0 aliphatic heterocycles. The Kier molecular flexibility index (Phi) is 9.65. The van der Waals surface area contributed by atoms with E-state index in [-0.39, 0.29) is 10.8 Å². The summed E-state index contributed by atoms with van der Waals surface area (Å²) in [5.74, 6) is -0.185. The fourth-order valence-electron chi connectivity index (χ4n) is 2.12. The molecule has 10 nitrogen and oxygen atoms in total. The van der Waals surface area contributed by atoms with Crippen LogP contribution in [0.3, 0.4) is 0 Å². The molecule has 2 aromatic carbocycles. The molecule has 0 unspecified atom stereocenters. The van der Waals surface area contributed by atoms with Gasteiger partial charge in [-0.3, -0.25) is 9.52 Å². The lowest BCUT2D eigenvalue weighted by Crippen LogP contribution is -2.58. The van der Waals surface area contributed by atoms with Gasteiger partial charge >= 0.3 is 0 Å². The van der Waals surface area contributed by atoms with Crippen molar-refractivity contribution in [3.05, 3.63) is 59.7 Å². The number of nitrogens with zero attached hydrogens (tertiary/aromatic N) is 1. The first kappa shape index (κ1) is 25.8. The predicted octanol–water partition coefficient (Wildman–Crippen LogP) is -2.04. The smallest absolute Gasteiger partial charge is 0.261 e. The van der Waals surface area contributed by atoms with Crippen molar-refractivity contribution < 1.29 is 42.1 Å². The number of likely N-dealkylation sites (N-methyl/N-ethyl adjacent to an activating group) is 1.